The molecule has 0 saturated heterocycles. The van der Waals surface area contributed by atoms with Gasteiger partial charge in [-0.2, -0.15) is 0 Å². The largest absolute Gasteiger partial charge is 0.431 e. The Morgan fingerprint density at radius 3 is 2.22 bits per heavy atom. The van der Waals surface area contributed by atoms with Crippen LogP contribution in [-0.4, -0.2) is 26.7 Å². The van der Waals surface area contributed by atoms with Gasteiger partial charge in [0.15, 0.2) is 6.17 Å². The average Bonchev–Trinajstić information content (AvgIpc) is 1.65. The monoisotopic (exact) mass is 156 g/mol. The number of hydrogen-bond donors (Lipinski definition) is 1. The van der Waals surface area contributed by atoms with Crippen molar-refractivity contribution in [2.75, 3.05) is 0 Å². The molecule has 0 aliphatic rings. The van der Waals surface area contributed by atoms with Gasteiger partial charge in [-0.05, 0) is 6.92 Å². The minimum atomic E-state index is -3.35. The number of rotatable bonds is 3. The van der Waals surface area contributed by atoms with E-state index in [0.717, 1.165) is 6.92 Å². The van der Waals surface area contributed by atoms with Gasteiger partial charge in [-0.25, -0.2) is 13.2 Å². The fourth-order valence-corrected chi connectivity index (χ4v) is 0.738. The summed E-state index contributed by atoms with van der Waals surface area (Å²) >= 11 is 0. The van der Waals surface area contributed by atoms with Crippen LogP contribution >= 0.6 is 0 Å². The summed E-state index contributed by atoms with van der Waals surface area (Å²) < 4.78 is 35.8. The quantitative estimate of drug-likeness (QED) is 0.604. The standard InChI is InChI=1S/C4H7F3OSi/c1-3(5)4(6,7)2-9-8/h3,8H,2H2,1H3. The summed E-state index contributed by atoms with van der Waals surface area (Å²) in [7, 11) is -0.888. The molecule has 2 radical (unpaired) electrons. The highest BCUT2D eigenvalue weighted by Gasteiger charge is 2.36. The zero-order valence-corrected chi connectivity index (χ0v) is 5.87. The lowest BCUT2D eigenvalue weighted by molar-refractivity contribution is -0.0480. The first-order chi connectivity index (χ1) is 4.00. The maximum Gasteiger partial charge on any atom is 0.277 e. The SMILES string of the molecule is CC(F)C(F)(F)C[Si]O. The third kappa shape index (κ3) is 2.86. The lowest BCUT2D eigenvalue weighted by Gasteiger charge is -2.14. The Hall–Kier alpha value is -0.0331. The molecule has 5 heteroatoms. The molecule has 1 atom stereocenters. The lowest BCUT2D eigenvalue weighted by Crippen LogP contribution is -2.28. The molecule has 54 valence electrons. The van der Waals surface area contributed by atoms with Crippen LogP contribution in [0.5, 0.6) is 0 Å². The van der Waals surface area contributed by atoms with E-state index in [4.69, 9.17) is 4.80 Å². The van der Waals surface area contributed by atoms with Crippen LogP contribution in [0, 0.1) is 0 Å². The Kier molecular flexibility index (Phi) is 3.20. The van der Waals surface area contributed by atoms with E-state index < -0.39 is 27.9 Å². The van der Waals surface area contributed by atoms with Gasteiger partial charge < -0.3 is 4.80 Å². The summed E-state index contributed by atoms with van der Waals surface area (Å²) in [6.45, 7) is 0.778. The second kappa shape index (κ2) is 3.22. The smallest absolute Gasteiger partial charge is 0.277 e. The predicted molar refractivity (Wildman–Crippen MR) is 28.3 cm³/mol. The Morgan fingerprint density at radius 1 is 1.67 bits per heavy atom. The van der Waals surface area contributed by atoms with Crippen LogP contribution in [0.3, 0.4) is 0 Å². The van der Waals surface area contributed by atoms with Gasteiger partial charge in [-0.15, -0.1) is 0 Å². The van der Waals surface area contributed by atoms with Gasteiger partial charge in [0.1, 0.15) is 0 Å². The van der Waals surface area contributed by atoms with Gasteiger partial charge in [0.05, 0.1) is 0 Å². The van der Waals surface area contributed by atoms with Crippen molar-refractivity contribution in [3.05, 3.63) is 0 Å². The molecule has 0 aliphatic carbocycles. The van der Waals surface area contributed by atoms with Crippen molar-refractivity contribution < 1.29 is 18.0 Å². The average molecular weight is 156 g/mol. The molecule has 0 heterocycles. The van der Waals surface area contributed by atoms with Gasteiger partial charge >= 0.3 is 0 Å². The Morgan fingerprint density at radius 2 is 2.11 bits per heavy atom. The highest BCUT2D eigenvalue weighted by atomic mass is 28.2. The molecule has 0 saturated carbocycles. The van der Waals surface area contributed by atoms with Crippen molar-refractivity contribution in [2.45, 2.75) is 25.1 Å². The second-order valence-corrected chi connectivity index (χ2v) is 2.38. The third-order valence-corrected chi connectivity index (χ3v) is 1.53. The molecule has 0 fully saturated rings. The van der Waals surface area contributed by atoms with Gasteiger partial charge in [0, 0.05) is 6.04 Å². The molecular formula is C4H7F3OSi. The summed E-state index contributed by atoms with van der Waals surface area (Å²) in [5.41, 5.74) is 0. The Labute approximate surface area is 53.8 Å². The van der Waals surface area contributed by atoms with Gasteiger partial charge in [0.2, 0.25) is 9.76 Å². The Balaban J connectivity index is 3.70. The van der Waals surface area contributed by atoms with Gasteiger partial charge in [0.25, 0.3) is 5.92 Å². The molecule has 0 aromatic heterocycles. The van der Waals surface area contributed by atoms with E-state index in [1.165, 1.54) is 0 Å². The molecule has 9 heavy (non-hydrogen) atoms. The third-order valence-electron chi connectivity index (χ3n) is 0.897. The van der Waals surface area contributed by atoms with E-state index in [0.29, 0.717) is 0 Å². The van der Waals surface area contributed by atoms with Crippen molar-refractivity contribution in [3.8, 4) is 0 Å². The number of hydrogen-bond acceptors (Lipinski definition) is 1. The van der Waals surface area contributed by atoms with Crippen LogP contribution in [0.25, 0.3) is 0 Å². The van der Waals surface area contributed by atoms with Crippen molar-refractivity contribution in [2.24, 2.45) is 0 Å². The minimum Gasteiger partial charge on any atom is -0.431 e. The summed E-state index contributed by atoms with van der Waals surface area (Å²) in [5.74, 6) is -3.35. The van der Waals surface area contributed by atoms with Crippen molar-refractivity contribution in [3.63, 3.8) is 0 Å². The fourth-order valence-electron chi connectivity index (χ4n) is 0.246. The fraction of sp³-hybridized carbons (Fsp3) is 1.00. The van der Waals surface area contributed by atoms with E-state index in [1.807, 2.05) is 0 Å². The zero-order valence-electron chi connectivity index (χ0n) is 4.87. The molecule has 0 amide bonds. The molecule has 1 unspecified atom stereocenters. The first-order valence-electron chi connectivity index (χ1n) is 2.39. The molecular weight excluding hydrogens is 149 g/mol. The first-order valence-corrected chi connectivity index (χ1v) is 3.55. The van der Waals surface area contributed by atoms with Crippen LogP contribution in [-0.2, 0) is 0 Å². The topological polar surface area (TPSA) is 20.2 Å². The molecule has 0 rings (SSSR count). The highest BCUT2D eigenvalue weighted by Crippen LogP contribution is 2.24. The second-order valence-electron chi connectivity index (χ2n) is 1.71. The van der Waals surface area contributed by atoms with E-state index in [2.05, 4.69) is 0 Å². The van der Waals surface area contributed by atoms with Gasteiger partial charge in [-0.3, -0.25) is 0 Å². The van der Waals surface area contributed by atoms with Crippen LogP contribution in [0.2, 0.25) is 6.04 Å². The van der Waals surface area contributed by atoms with E-state index >= 15 is 0 Å². The summed E-state index contributed by atoms with van der Waals surface area (Å²) in [6, 6.07) is -0.773. The highest BCUT2D eigenvalue weighted by molar-refractivity contribution is 6.25. The first kappa shape index (κ1) is 8.97. The number of halogens is 3. The number of alkyl halides is 3. The molecule has 0 spiro atoms. The van der Waals surface area contributed by atoms with E-state index in [-0.39, 0.29) is 0 Å². The lowest BCUT2D eigenvalue weighted by atomic mass is 10.3. The molecule has 0 aliphatic heterocycles. The maximum atomic E-state index is 12.0. The molecule has 1 N–H and O–H groups in total. The van der Waals surface area contributed by atoms with Crippen molar-refractivity contribution >= 4 is 9.76 Å². The maximum absolute atomic E-state index is 12.0. The van der Waals surface area contributed by atoms with Crippen LogP contribution in [0.15, 0.2) is 0 Å². The molecule has 0 bridgehead atoms. The Bertz CT molecular complexity index is 85.9. The molecule has 0 aromatic rings. The zero-order chi connectivity index (χ0) is 7.49. The summed E-state index contributed by atoms with van der Waals surface area (Å²) in [5, 5.41) is 0. The van der Waals surface area contributed by atoms with Gasteiger partial charge in [-0.1, -0.05) is 0 Å². The van der Waals surface area contributed by atoms with Crippen molar-refractivity contribution in [1.82, 2.24) is 0 Å². The van der Waals surface area contributed by atoms with E-state index in [1.54, 1.807) is 0 Å². The van der Waals surface area contributed by atoms with Crippen LogP contribution in [0.4, 0.5) is 13.2 Å². The van der Waals surface area contributed by atoms with Crippen molar-refractivity contribution in [1.29, 1.82) is 0 Å². The van der Waals surface area contributed by atoms with Crippen LogP contribution < -0.4 is 0 Å². The molecule has 0 aromatic carbocycles. The molecule has 1 nitrogen and oxygen atoms in total. The van der Waals surface area contributed by atoms with E-state index in [9.17, 15) is 13.2 Å². The normalized spacial score (nSPS) is 15.7. The summed E-state index contributed by atoms with van der Waals surface area (Å²) in [4.78, 5) is 8.03. The summed E-state index contributed by atoms with van der Waals surface area (Å²) in [6.07, 6.45) is -2.17. The minimum absolute atomic E-state index is 0.773. The van der Waals surface area contributed by atoms with Crippen LogP contribution in [0.1, 0.15) is 6.92 Å². The predicted octanol–water partition coefficient (Wildman–Crippen LogP) is 1.01.